The fraction of sp³-hybridized carbons (Fsp3) is 0.350. The van der Waals surface area contributed by atoms with E-state index >= 15 is 0 Å². The molecule has 0 saturated carbocycles. The Labute approximate surface area is 163 Å². The van der Waals surface area contributed by atoms with Gasteiger partial charge >= 0.3 is 11.8 Å². The third-order valence-corrected chi connectivity index (χ3v) is 5.25. The Hall–Kier alpha value is -2.60. The zero-order valence-corrected chi connectivity index (χ0v) is 16.5. The Morgan fingerprint density at radius 3 is 2.52 bits per heavy atom. The van der Waals surface area contributed by atoms with Crippen LogP contribution in [0.3, 0.4) is 0 Å². The molecule has 6 nitrogen and oxygen atoms in total. The molecule has 0 radical (unpaired) electrons. The van der Waals surface area contributed by atoms with Crippen molar-refractivity contribution in [2.24, 2.45) is 5.10 Å². The quantitative estimate of drug-likeness (QED) is 0.500. The number of rotatable bonds is 3. The average Bonchev–Trinajstić information content (AvgIpc) is 3.26. The first kappa shape index (κ1) is 19.2. The number of hydrogen-bond donors (Lipinski definition) is 1. The first-order chi connectivity index (χ1) is 12.9. The number of nitrogens with one attached hydrogen (secondary N) is 1. The van der Waals surface area contributed by atoms with Crippen molar-refractivity contribution in [1.82, 2.24) is 14.9 Å². The minimum atomic E-state index is -0.702. The van der Waals surface area contributed by atoms with Gasteiger partial charge < -0.3 is 9.47 Å². The summed E-state index contributed by atoms with van der Waals surface area (Å²) >= 11 is 6.25. The van der Waals surface area contributed by atoms with Crippen molar-refractivity contribution >= 4 is 29.6 Å². The second-order valence-corrected chi connectivity index (χ2v) is 7.20. The standard InChI is InChI=1S/C20H23ClN4O2/c1-13-6-7-17(11-18(13)21)25-14(2)10-16(15(25)3)12-22-23-19(26)20(27)24-8-4-5-9-24/h6-7,10-12H,4-5,8-9H2,1-3H3,(H,23,26)/b22-12-. The van der Waals surface area contributed by atoms with Crippen LogP contribution in [0.15, 0.2) is 29.4 Å². The maximum atomic E-state index is 12.0. The molecule has 1 aliphatic heterocycles. The average molecular weight is 387 g/mol. The van der Waals surface area contributed by atoms with Gasteiger partial charge in [0.25, 0.3) is 0 Å². The number of aromatic nitrogens is 1. The van der Waals surface area contributed by atoms with Gasteiger partial charge in [-0.1, -0.05) is 17.7 Å². The molecule has 1 aliphatic rings. The van der Waals surface area contributed by atoms with Crippen LogP contribution in [0.5, 0.6) is 0 Å². The third-order valence-electron chi connectivity index (χ3n) is 4.84. The molecule has 142 valence electrons. The van der Waals surface area contributed by atoms with E-state index in [2.05, 4.69) is 15.1 Å². The molecule has 0 atom stereocenters. The van der Waals surface area contributed by atoms with Crippen molar-refractivity contribution in [1.29, 1.82) is 0 Å². The summed E-state index contributed by atoms with van der Waals surface area (Å²) in [6, 6.07) is 7.89. The molecule has 0 spiro atoms. The second kappa shape index (κ2) is 7.96. The fourth-order valence-corrected chi connectivity index (χ4v) is 3.48. The normalized spacial score (nSPS) is 14.1. The van der Waals surface area contributed by atoms with Crippen molar-refractivity contribution in [3.63, 3.8) is 0 Å². The van der Waals surface area contributed by atoms with Crippen molar-refractivity contribution < 1.29 is 9.59 Å². The molecule has 0 aliphatic carbocycles. The number of carbonyl (C=O) groups is 2. The predicted octanol–water partition coefficient (Wildman–Crippen LogP) is 3.13. The van der Waals surface area contributed by atoms with Crippen molar-refractivity contribution in [3.05, 3.63) is 51.8 Å². The van der Waals surface area contributed by atoms with E-state index in [-0.39, 0.29) is 0 Å². The molecule has 27 heavy (non-hydrogen) atoms. The van der Waals surface area contributed by atoms with Crippen LogP contribution in [0.25, 0.3) is 5.69 Å². The first-order valence-electron chi connectivity index (χ1n) is 8.96. The summed E-state index contributed by atoms with van der Waals surface area (Å²) in [5, 5.41) is 4.67. The van der Waals surface area contributed by atoms with Crippen LogP contribution in [0.1, 0.15) is 35.4 Å². The van der Waals surface area contributed by atoms with Crippen LogP contribution in [-0.4, -0.2) is 40.6 Å². The monoisotopic (exact) mass is 386 g/mol. The molecule has 0 bridgehead atoms. The van der Waals surface area contributed by atoms with Crippen LogP contribution >= 0.6 is 11.6 Å². The molecule has 0 unspecified atom stereocenters. The summed E-state index contributed by atoms with van der Waals surface area (Å²) in [7, 11) is 0. The van der Waals surface area contributed by atoms with E-state index in [0.29, 0.717) is 18.1 Å². The lowest BCUT2D eigenvalue weighted by atomic mass is 10.2. The second-order valence-electron chi connectivity index (χ2n) is 6.79. The number of likely N-dealkylation sites (tertiary alicyclic amines) is 1. The summed E-state index contributed by atoms with van der Waals surface area (Å²) in [4.78, 5) is 25.5. The van der Waals surface area contributed by atoms with Gasteiger partial charge in [0, 0.05) is 40.8 Å². The van der Waals surface area contributed by atoms with E-state index in [0.717, 1.165) is 41.0 Å². The smallest absolute Gasteiger partial charge is 0.329 e. The van der Waals surface area contributed by atoms with E-state index in [9.17, 15) is 9.59 Å². The number of benzene rings is 1. The van der Waals surface area contributed by atoms with Gasteiger partial charge in [0.15, 0.2) is 0 Å². The van der Waals surface area contributed by atoms with Gasteiger partial charge in [0.2, 0.25) is 0 Å². The van der Waals surface area contributed by atoms with E-state index < -0.39 is 11.8 Å². The summed E-state index contributed by atoms with van der Waals surface area (Å²) in [5.41, 5.74) is 7.17. The number of carbonyl (C=O) groups excluding carboxylic acids is 2. The number of hydrazone groups is 1. The minimum Gasteiger partial charge on any atom is -0.334 e. The highest BCUT2D eigenvalue weighted by Gasteiger charge is 2.24. The Bertz CT molecular complexity index is 911. The SMILES string of the molecule is Cc1ccc(-n2c(C)cc(/C=N\NC(=O)C(=O)N3CCCC3)c2C)cc1Cl. The molecule has 2 heterocycles. The predicted molar refractivity (Wildman–Crippen MR) is 107 cm³/mol. The number of aryl methyl sites for hydroxylation is 2. The molecule has 3 rings (SSSR count). The minimum absolute atomic E-state index is 0.524. The number of amides is 2. The maximum absolute atomic E-state index is 12.0. The van der Waals surface area contributed by atoms with Gasteiger partial charge in [-0.05, 0) is 57.4 Å². The summed E-state index contributed by atoms with van der Waals surface area (Å²) in [5.74, 6) is -1.23. The summed E-state index contributed by atoms with van der Waals surface area (Å²) in [6.45, 7) is 7.20. The molecule has 1 aromatic heterocycles. The zero-order chi connectivity index (χ0) is 19.6. The Kier molecular flexibility index (Phi) is 5.65. The lowest BCUT2D eigenvalue weighted by molar-refractivity contribution is -0.145. The van der Waals surface area contributed by atoms with Gasteiger partial charge in [0.1, 0.15) is 0 Å². The molecular formula is C20H23ClN4O2. The molecule has 2 amide bonds. The van der Waals surface area contributed by atoms with Crippen LogP contribution in [0, 0.1) is 20.8 Å². The van der Waals surface area contributed by atoms with E-state index in [4.69, 9.17) is 11.6 Å². The summed E-state index contributed by atoms with van der Waals surface area (Å²) < 4.78 is 2.07. The highest BCUT2D eigenvalue weighted by atomic mass is 35.5. The molecule has 1 fully saturated rings. The number of halogens is 1. The van der Waals surface area contributed by atoms with Gasteiger partial charge in [0.05, 0.1) is 6.21 Å². The van der Waals surface area contributed by atoms with Gasteiger partial charge in [-0.15, -0.1) is 0 Å². The molecule has 1 N–H and O–H groups in total. The van der Waals surface area contributed by atoms with E-state index in [1.165, 1.54) is 0 Å². The topological polar surface area (TPSA) is 66.7 Å². The Morgan fingerprint density at radius 2 is 1.85 bits per heavy atom. The van der Waals surface area contributed by atoms with Crippen molar-refractivity contribution in [2.45, 2.75) is 33.6 Å². The number of hydrogen-bond acceptors (Lipinski definition) is 3. The molecule has 7 heteroatoms. The van der Waals surface area contributed by atoms with Crippen LogP contribution < -0.4 is 5.43 Å². The Morgan fingerprint density at radius 1 is 1.15 bits per heavy atom. The highest BCUT2D eigenvalue weighted by molar-refractivity contribution is 6.35. The van der Waals surface area contributed by atoms with E-state index in [1.54, 1.807) is 11.1 Å². The molecule has 1 saturated heterocycles. The molecular weight excluding hydrogens is 364 g/mol. The lowest BCUT2D eigenvalue weighted by Crippen LogP contribution is -2.39. The van der Waals surface area contributed by atoms with Crippen LogP contribution in [0.2, 0.25) is 5.02 Å². The fourth-order valence-electron chi connectivity index (χ4n) is 3.31. The molecule has 1 aromatic carbocycles. The molecule has 2 aromatic rings. The largest absolute Gasteiger partial charge is 0.334 e. The zero-order valence-electron chi connectivity index (χ0n) is 15.8. The van der Waals surface area contributed by atoms with Gasteiger partial charge in [-0.2, -0.15) is 5.10 Å². The summed E-state index contributed by atoms with van der Waals surface area (Å²) in [6.07, 6.45) is 3.44. The van der Waals surface area contributed by atoms with Crippen molar-refractivity contribution in [3.8, 4) is 5.69 Å². The first-order valence-corrected chi connectivity index (χ1v) is 9.34. The Balaban J connectivity index is 1.74. The number of nitrogens with zero attached hydrogens (tertiary/aromatic N) is 3. The maximum Gasteiger partial charge on any atom is 0.329 e. The van der Waals surface area contributed by atoms with Gasteiger partial charge in [-0.25, -0.2) is 5.43 Å². The van der Waals surface area contributed by atoms with Crippen LogP contribution in [-0.2, 0) is 9.59 Å². The van der Waals surface area contributed by atoms with Gasteiger partial charge in [-0.3, -0.25) is 9.59 Å². The highest BCUT2D eigenvalue weighted by Crippen LogP contribution is 2.24. The lowest BCUT2D eigenvalue weighted by Gasteiger charge is -2.12. The third kappa shape index (κ3) is 4.06. The van der Waals surface area contributed by atoms with Crippen molar-refractivity contribution in [2.75, 3.05) is 13.1 Å². The van der Waals surface area contributed by atoms with E-state index in [1.807, 2.05) is 45.0 Å². The van der Waals surface area contributed by atoms with Crippen LogP contribution in [0.4, 0.5) is 0 Å².